The number of fused-ring (bicyclic) bond motifs is 2. The molecule has 3 heteroatoms. The van der Waals surface area contributed by atoms with Crippen molar-refractivity contribution in [1.29, 1.82) is 0 Å². The third kappa shape index (κ3) is 1.15. The van der Waals surface area contributed by atoms with Crippen LogP contribution in [0.15, 0.2) is 0 Å². The summed E-state index contributed by atoms with van der Waals surface area (Å²) in [5.41, 5.74) is 0. The van der Waals surface area contributed by atoms with Crippen LogP contribution >= 0.6 is 12.6 Å². The number of piperidine rings is 1. The summed E-state index contributed by atoms with van der Waals surface area (Å²) in [7, 11) is 0. The van der Waals surface area contributed by atoms with Crippen molar-refractivity contribution in [3.63, 3.8) is 0 Å². The molecule has 2 rings (SSSR count). The number of nitrogens with zero attached hydrogens (tertiary/aromatic N) is 1. The second-order valence-electron chi connectivity index (χ2n) is 3.54. The van der Waals surface area contributed by atoms with E-state index in [1.807, 2.05) is 4.90 Å². The van der Waals surface area contributed by atoms with Crippen molar-refractivity contribution in [3.8, 4) is 0 Å². The highest BCUT2D eigenvalue weighted by molar-refractivity contribution is 7.81. The van der Waals surface area contributed by atoms with Gasteiger partial charge in [-0.2, -0.15) is 12.6 Å². The second kappa shape index (κ2) is 2.70. The Hall–Kier alpha value is -0.180. The second-order valence-corrected chi connectivity index (χ2v) is 3.85. The molecule has 2 fully saturated rings. The molecule has 1 amide bonds. The molecule has 0 aromatic carbocycles. The summed E-state index contributed by atoms with van der Waals surface area (Å²) in [6.45, 7) is 1.00. The van der Waals surface area contributed by atoms with Crippen molar-refractivity contribution in [2.24, 2.45) is 5.92 Å². The molecule has 0 N–H and O–H groups in total. The average molecular weight is 171 g/mol. The Bertz CT molecular complexity index is 183. The average Bonchev–Trinajstić information content (AvgIpc) is 2.62. The van der Waals surface area contributed by atoms with Crippen LogP contribution in [0.1, 0.15) is 19.3 Å². The van der Waals surface area contributed by atoms with Crippen LogP contribution in [0.3, 0.4) is 0 Å². The number of hydrogen-bond donors (Lipinski definition) is 1. The normalized spacial score (nSPS) is 34.8. The molecule has 2 aliphatic rings. The summed E-state index contributed by atoms with van der Waals surface area (Å²) in [5, 5.41) is 0. The molecule has 1 saturated heterocycles. The molecule has 0 aromatic rings. The van der Waals surface area contributed by atoms with Crippen LogP contribution in [0, 0.1) is 5.92 Å². The number of thiol groups is 1. The van der Waals surface area contributed by atoms with Gasteiger partial charge in [0.1, 0.15) is 0 Å². The van der Waals surface area contributed by atoms with E-state index in [-0.39, 0.29) is 5.91 Å². The van der Waals surface area contributed by atoms with Gasteiger partial charge in [-0.05, 0) is 25.2 Å². The largest absolute Gasteiger partial charge is 0.339 e. The van der Waals surface area contributed by atoms with Gasteiger partial charge in [0, 0.05) is 12.6 Å². The summed E-state index contributed by atoms with van der Waals surface area (Å²) in [6.07, 6.45) is 3.81. The molecule has 2 atom stereocenters. The van der Waals surface area contributed by atoms with E-state index >= 15 is 0 Å². The monoisotopic (exact) mass is 171 g/mol. The topological polar surface area (TPSA) is 20.3 Å². The lowest BCUT2D eigenvalue weighted by Gasteiger charge is -2.26. The molecule has 11 heavy (non-hydrogen) atoms. The first-order chi connectivity index (χ1) is 5.31. The van der Waals surface area contributed by atoms with Gasteiger partial charge in [-0.3, -0.25) is 4.79 Å². The van der Waals surface area contributed by atoms with E-state index in [0.29, 0.717) is 11.8 Å². The Morgan fingerprint density at radius 1 is 1.55 bits per heavy atom. The molecule has 2 nitrogen and oxygen atoms in total. The van der Waals surface area contributed by atoms with Crippen LogP contribution in [-0.2, 0) is 4.79 Å². The van der Waals surface area contributed by atoms with E-state index in [1.54, 1.807) is 0 Å². The molecular formula is C8H13NOS. The van der Waals surface area contributed by atoms with Crippen LogP contribution < -0.4 is 0 Å². The fourth-order valence-electron chi connectivity index (χ4n) is 2.32. The van der Waals surface area contributed by atoms with Gasteiger partial charge in [0.05, 0.1) is 5.75 Å². The van der Waals surface area contributed by atoms with Gasteiger partial charge in [0.15, 0.2) is 0 Å². The Balaban J connectivity index is 2.02. The minimum Gasteiger partial charge on any atom is -0.339 e. The van der Waals surface area contributed by atoms with Gasteiger partial charge in [-0.25, -0.2) is 0 Å². The van der Waals surface area contributed by atoms with Gasteiger partial charge < -0.3 is 4.90 Å². The number of hydrogen-bond acceptors (Lipinski definition) is 2. The zero-order valence-corrected chi connectivity index (χ0v) is 7.39. The first kappa shape index (κ1) is 7.47. The van der Waals surface area contributed by atoms with Crippen molar-refractivity contribution in [2.45, 2.75) is 25.3 Å². The van der Waals surface area contributed by atoms with Gasteiger partial charge in [0.25, 0.3) is 0 Å². The molecule has 0 radical (unpaired) electrons. The predicted molar refractivity (Wildman–Crippen MR) is 46.7 cm³/mol. The molecular weight excluding hydrogens is 158 g/mol. The third-order valence-corrected chi connectivity index (χ3v) is 3.14. The number of rotatable bonds is 1. The van der Waals surface area contributed by atoms with Gasteiger partial charge >= 0.3 is 0 Å². The standard InChI is InChI=1S/C8H13NOS/c10-8(5-11)9-4-6-1-2-7(9)3-6/h6-7,11H,1-5H2. The SMILES string of the molecule is O=C(CS)N1CC2CCC1C2. The Morgan fingerprint density at radius 2 is 2.36 bits per heavy atom. The maximum Gasteiger partial charge on any atom is 0.232 e. The molecule has 1 heterocycles. The lowest BCUT2D eigenvalue weighted by atomic mass is 10.1. The van der Waals surface area contributed by atoms with Crippen molar-refractivity contribution in [3.05, 3.63) is 0 Å². The Kier molecular flexibility index (Phi) is 1.83. The molecule has 2 bridgehead atoms. The van der Waals surface area contributed by atoms with Crippen molar-refractivity contribution in [1.82, 2.24) is 4.90 Å². The number of likely N-dealkylation sites (tertiary alicyclic amines) is 1. The van der Waals surface area contributed by atoms with Gasteiger partial charge in [-0.15, -0.1) is 0 Å². The smallest absolute Gasteiger partial charge is 0.232 e. The summed E-state index contributed by atoms with van der Waals surface area (Å²) >= 11 is 3.99. The Labute approximate surface area is 72.4 Å². The van der Waals surface area contributed by atoms with Crippen LogP contribution in [0.25, 0.3) is 0 Å². The molecule has 0 aromatic heterocycles. The maximum absolute atomic E-state index is 11.3. The lowest BCUT2D eigenvalue weighted by Crippen LogP contribution is -2.38. The fourth-order valence-corrected chi connectivity index (χ4v) is 2.50. The predicted octanol–water partition coefficient (Wildman–Crippen LogP) is 0.927. The Morgan fingerprint density at radius 3 is 2.82 bits per heavy atom. The minimum absolute atomic E-state index is 0.223. The van der Waals surface area contributed by atoms with E-state index in [9.17, 15) is 4.79 Å². The van der Waals surface area contributed by atoms with Crippen LogP contribution in [0.5, 0.6) is 0 Å². The highest BCUT2D eigenvalue weighted by Gasteiger charge is 2.39. The first-order valence-corrected chi connectivity index (χ1v) is 4.85. The molecule has 2 unspecified atom stereocenters. The van der Waals surface area contributed by atoms with Gasteiger partial charge in [-0.1, -0.05) is 0 Å². The first-order valence-electron chi connectivity index (χ1n) is 4.21. The maximum atomic E-state index is 11.3. The molecule has 62 valence electrons. The molecule has 0 spiro atoms. The minimum atomic E-state index is 0.223. The highest BCUT2D eigenvalue weighted by atomic mass is 32.1. The van der Waals surface area contributed by atoms with Crippen molar-refractivity contribution < 1.29 is 4.79 Å². The molecule has 1 aliphatic carbocycles. The van der Waals surface area contributed by atoms with Crippen LogP contribution in [0.2, 0.25) is 0 Å². The molecule has 1 aliphatic heterocycles. The zero-order valence-electron chi connectivity index (χ0n) is 6.49. The van der Waals surface area contributed by atoms with E-state index < -0.39 is 0 Å². The van der Waals surface area contributed by atoms with Gasteiger partial charge in [0.2, 0.25) is 5.91 Å². The summed E-state index contributed by atoms with van der Waals surface area (Å²) in [5.74, 6) is 1.41. The summed E-state index contributed by atoms with van der Waals surface area (Å²) in [4.78, 5) is 13.3. The quantitative estimate of drug-likeness (QED) is 0.582. The van der Waals surface area contributed by atoms with E-state index in [1.165, 1.54) is 19.3 Å². The van der Waals surface area contributed by atoms with Crippen LogP contribution in [0.4, 0.5) is 0 Å². The van der Waals surface area contributed by atoms with Crippen LogP contribution in [-0.4, -0.2) is 29.1 Å². The summed E-state index contributed by atoms with van der Waals surface area (Å²) in [6, 6.07) is 0.569. The fraction of sp³-hybridized carbons (Fsp3) is 0.875. The highest BCUT2D eigenvalue weighted by Crippen LogP contribution is 2.37. The molecule has 1 saturated carbocycles. The number of carbonyl (C=O) groups is 1. The van der Waals surface area contributed by atoms with E-state index in [2.05, 4.69) is 12.6 Å². The lowest BCUT2D eigenvalue weighted by molar-refractivity contribution is -0.129. The third-order valence-electron chi connectivity index (χ3n) is 2.86. The summed E-state index contributed by atoms with van der Waals surface area (Å²) < 4.78 is 0. The van der Waals surface area contributed by atoms with Crippen molar-refractivity contribution >= 4 is 18.5 Å². The van der Waals surface area contributed by atoms with E-state index in [4.69, 9.17) is 0 Å². The number of amides is 1. The van der Waals surface area contributed by atoms with Crippen molar-refractivity contribution in [2.75, 3.05) is 12.3 Å². The van der Waals surface area contributed by atoms with E-state index in [0.717, 1.165) is 12.5 Å². The number of carbonyl (C=O) groups excluding carboxylic acids is 1. The zero-order chi connectivity index (χ0) is 7.84.